The lowest BCUT2D eigenvalue weighted by atomic mass is 10.1. The van der Waals surface area contributed by atoms with Crippen molar-refractivity contribution in [1.82, 2.24) is 0 Å². The summed E-state index contributed by atoms with van der Waals surface area (Å²) in [5.41, 5.74) is 1.32. The number of unbranched alkanes of at least 4 members (excludes halogenated alkanes) is 3. The summed E-state index contributed by atoms with van der Waals surface area (Å²) in [6.45, 7) is 6.31. The summed E-state index contributed by atoms with van der Waals surface area (Å²) < 4.78 is 9.99. The van der Waals surface area contributed by atoms with E-state index in [-0.39, 0.29) is 11.9 Å². The molecule has 0 aliphatic rings. The van der Waals surface area contributed by atoms with Crippen molar-refractivity contribution < 1.29 is 19.1 Å². The van der Waals surface area contributed by atoms with E-state index in [0.29, 0.717) is 18.8 Å². The van der Waals surface area contributed by atoms with Gasteiger partial charge in [-0.1, -0.05) is 38.3 Å². The number of carbonyl (C=O) groups excluding carboxylic acids is 2. The second-order valence-electron chi connectivity index (χ2n) is 4.76. The molecule has 0 aliphatic heterocycles. The Morgan fingerprint density at radius 2 is 1.82 bits per heavy atom. The number of benzene rings is 1. The SMILES string of the molecule is [CH2]CCCCCOC(=O)c1ccc(/C=C/C(=O)OCC)cc1. The number of carbonyl (C=O) groups is 2. The van der Waals surface area contributed by atoms with Crippen LogP contribution in [0.4, 0.5) is 0 Å². The highest BCUT2D eigenvalue weighted by Crippen LogP contribution is 2.08. The van der Waals surface area contributed by atoms with Gasteiger partial charge in [0.1, 0.15) is 0 Å². The van der Waals surface area contributed by atoms with Crippen LogP contribution in [0, 0.1) is 6.92 Å². The topological polar surface area (TPSA) is 52.6 Å². The van der Waals surface area contributed by atoms with Crippen molar-refractivity contribution in [3.63, 3.8) is 0 Å². The minimum Gasteiger partial charge on any atom is -0.463 e. The molecule has 119 valence electrons. The first-order valence-corrected chi connectivity index (χ1v) is 7.58. The van der Waals surface area contributed by atoms with Crippen LogP contribution in [0.3, 0.4) is 0 Å². The number of hydrogen-bond acceptors (Lipinski definition) is 4. The van der Waals surface area contributed by atoms with E-state index >= 15 is 0 Å². The van der Waals surface area contributed by atoms with E-state index in [9.17, 15) is 9.59 Å². The first-order chi connectivity index (χ1) is 10.7. The summed E-state index contributed by atoms with van der Waals surface area (Å²) in [7, 11) is 0. The molecule has 4 heteroatoms. The van der Waals surface area contributed by atoms with Gasteiger partial charge in [0.2, 0.25) is 0 Å². The highest BCUT2D eigenvalue weighted by molar-refractivity contribution is 5.90. The molecule has 4 nitrogen and oxygen atoms in total. The molecule has 0 atom stereocenters. The Bertz CT molecular complexity index is 488. The average Bonchev–Trinajstić information content (AvgIpc) is 2.53. The van der Waals surface area contributed by atoms with Crippen molar-refractivity contribution in [3.8, 4) is 0 Å². The summed E-state index contributed by atoms with van der Waals surface area (Å²) in [5, 5.41) is 0. The Balaban J connectivity index is 2.43. The third kappa shape index (κ3) is 7.07. The predicted octanol–water partition coefficient (Wildman–Crippen LogP) is 3.81. The van der Waals surface area contributed by atoms with Crippen molar-refractivity contribution in [2.75, 3.05) is 13.2 Å². The van der Waals surface area contributed by atoms with E-state index in [1.807, 2.05) is 0 Å². The molecule has 22 heavy (non-hydrogen) atoms. The number of esters is 2. The molecular formula is C18H23O4. The van der Waals surface area contributed by atoms with Crippen molar-refractivity contribution in [2.24, 2.45) is 0 Å². The Kier molecular flexibility index (Phi) is 8.65. The Morgan fingerprint density at radius 3 is 2.45 bits per heavy atom. The van der Waals surface area contributed by atoms with E-state index in [2.05, 4.69) is 6.92 Å². The lowest BCUT2D eigenvalue weighted by molar-refractivity contribution is -0.137. The first-order valence-electron chi connectivity index (χ1n) is 7.58. The molecular weight excluding hydrogens is 280 g/mol. The Labute approximate surface area is 132 Å². The summed E-state index contributed by atoms with van der Waals surface area (Å²) in [6.07, 6.45) is 6.86. The fraction of sp³-hybridized carbons (Fsp3) is 0.389. The maximum absolute atomic E-state index is 11.8. The monoisotopic (exact) mass is 303 g/mol. The van der Waals surface area contributed by atoms with Gasteiger partial charge in [0.15, 0.2) is 0 Å². The summed E-state index contributed by atoms with van der Waals surface area (Å²) in [5.74, 6) is -0.705. The second-order valence-corrected chi connectivity index (χ2v) is 4.76. The highest BCUT2D eigenvalue weighted by Gasteiger charge is 2.06. The van der Waals surface area contributed by atoms with Gasteiger partial charge in [0, 0.05) is 6.08 Å². The van der Waals surface area contributed by atoms with E-state index < -0.39 is 0 Å². The molecule has 0 spiro atoms. The van der Waals surface area contributed by atoms with Crippen molar-refractivity contribution >= 4 is 18.0 Å². The fourth-order valence-electron chi connectivity index (χ4n) is 1.79. The first kappa shape index (κ1) is 18.0. The maximum atomic E-state index is 11.8. The smallest absolute Gasteiger partial charge is 0.338 e. The van der Waals surface area contributed by atoms with E-state index in [0.717, 1.165) is 31.2 Å². The van der Waals surface area contributed by atoms with Crippen LogP contribution < -0.4 is 0 Å². The molecule has 0 saturated carbocycles. The number of hydrogen-bond donors (Lipinski definition) is 0. The van der Waals surface area contributed by atoms with Gasteiger partial charge in [-0.2, -0.15) is 0 Å². The van der Waals surface area contributed by atoms with Crippen LogP contribution in [-0.2, 0) is 14.3 Å². The van der Waals surface area contributed by atoms with Gasteiger partial charge in [-0.15, -0.1) is 0 Å². The third-order valence-electron chi connectivity index (χ3n) is 2.97. The molecule has 0 aromatic heterocycles. The standard InChI is InChI=1S/C18H23O4/c1-3-5-6-7-14-22-18(20)16-11-8-15(9-12-16)10-13-17(19)21-4-2/h8-13H,1,3-7,14H2,2H3/b13-10+. The van der Waals surface area contributed by atoms with Gasteiger partial charge in [-0.05, 0) is 37.1 Å². The van der Waals surface area contributed by atoms with Crippen molar-refractivity contribution in [2.45, 2.75) is 32.6 Å². The summed E-state index contributed by atoms with van der Waals surface area (Å²) in [6, 6.07) is 6.89. The molecule has 0 unspecified atom stereocenters. The number of ether oxygens (including phenoxy) is 2. The van der Waals surface area contributed by atoms with Crippen LogP contribution >= 0.6 is 0 Å². The van der Waals surface area contributed by atoms with Crippen molar-refractivity contribution in [3.05, 3.63) is 48.4 Å². The summed E-state index contributed by atoms with van der Waals surface area (Å²) >= 11 is 0. The average molecular weight is 303 g/mol. The number of rotatable bonds is 9. The maximum Gasteiger partial charge on any atom is 0.338 e. The molecule has 1 radical (unpaired) electrons. The van der Waals surface area contributed by atoms with Crippen LogP contribution in [0.25, 0.3) is 6.08 Å². The van der Waals surface area contributed by atoms with E-state index in [1.54, 1.807) is 37.3 Å². The second kappa shape index (κ2) is 10.6. The van der Waals surface area contributed by atoms with E-state index in [1.165, 1.54) is 6.08 Å². The largest absolute Gasteiger partial charge is 0.463 e. The van der Waals surface area contributed by atoms with E-state index in [4.69, 9.17) is 9.47 Å². The van der Waals surface area contributed by atoms with Crippen LogP contribution in [0.15, 0.2) is 30.3 Å². The molecule has 0 saturated heterocycles. The van der Waals surface area contributed by atoms with Crippen LogP contribution in [-0.4, -0.2) is 25.2 Å². The minimum absolute atomic E-state index is 0.324. The third-order valence-corrected chi connectivity index (χ3v) is 2.97. The van der Waals surface area contributed by atoms with Crippen LogP contribution in [0.2, 0.25) is 0 Å². The van der Waals surface area contributed by atoms with Crippen LogP contribution in [0.1, 0.15) is 48.5 Å². The Morgan fingerprint density at radius 1 is 1.09 bits per heavy atom. The molecule has 0 bridgehead atoms. The van der Waals surface area contributed by atoms with Gasteiger partial charge in [0.25, 0.3) is 0 Å². The van der Waals surface area contributed by atoms with Gasteiger partial charge >= 0.3 is 11.9 Å². The quantitative estimate of drug-likeness (QED) is 0.395. The fourth-order valence-corrected chi connectivity index (χ4v) is 1.79. The lowest BCUT2D eigenvalue weighted by Crippen LogP contribution is -2.06. The summed E-state index contributed by atoms with van der Waals surface area (Å²) in [4.78, 5) is 23.0. The molecule has 1 aromatic rings. The molecule has 0 fully saturated rings. The normalized spacial score (nSPS) is 10.6. The predicted molar refractivity (Wildman–Crippen MR) is 86.2 cm³/mol. The van der Waals surface area contributed by atoms with Crippen LogP contribution in [0.5, 0.6) is 0 Å². The van der Waals surface area contributed by atoms with Gasteiger partial charge in [0.05, 0.1) is 18.8 Å². The molecule has 1 rings (SSSR count). The highest BCUT2D eigenvalue weighted by atomic mass is 16.5. The zero-order valence-corrected chi connectivity index (χ0v) is 13.0. The Hall–Kier alpha value is -2.10. The van der Waals surface area contributed by atoms with Crippen molar-refractivity contribution in [1.29, 1.82) is 0 Å². The minimum atomic E-state index is -0.381. The van der Waals surface area contributed by atoms with Gasteiger partial charge in [-0.3, -0.25) is 0 Å². The molecule has 0 aliphatic carbocycles. The molecule has 1 aromatic carbocycles. The zero-order valence-electron chi connectivity index (χ0n) is 13.0. The van der Waals surface area contributed by atoms with Gasteiger partial charge in [-0.25, -0.2) is 9.59 Å². The molecule has 0 N–H and O–H groups in total. The lowest BCUT2D eigenvalue weighted by Gasteiger charge is -2.05. The molecule has 0 amide bonds. The van der Waals surface area contributed by atoms with Gasteiger partial charge < -0.3 is 9.47 Å². The zero-order chi connectivity index (χ0) is 16.2. The molecule has 0 heterocycles.